The summed E-state index contributed by atoms with van der Waals surface area (Å²) in [6.07, 6.45) is 16.8. The quantitative estimate of drug-likeness (QED) is 0.391. The van der Waals surface area contributed by atoms with Crippen molar-refractivity contribution in [1.82, 2.24) is 0 Å². The first kappa shape index (κ1) is 23.3. The van der Waals surface area contributed by atoms with Crippen molar-refractivity contribution in [2.75, 3.05) is 0 Å². The Morgan fingerprint density at radius 1 is 0.767 bits per heavy atom. The van der Waals surface area contributed by atoms with Crippen molar-refractivity contribution in [3.8, 4) is 11.8 Å². The van der Waals surface area contributed by atoms with Crippen molar-refractivity contribution in [2.45, 2.75) is 110 Å². The molecule has 0 saturated heterocycles. The number of unbranched alkanes of at least 4 members (excludes halogenated alkanes) is 2. The third-order valence-corrected chi connectivity index (χ3v) is 7.56. The third-order valence-electron chi connectivity index (χ3n) is 7.56. The monoisotopic (exact) mass is 414 g/mol. The highest BCUT2D eigenvalue weighted by molar-refractivity contribution is 5.40. The third kappa shape index (κ3) is 6.57. The molecule has 2 saturated carbocycles. The van der Waals surface area contributed by atoms with Crippen LogP contribution in [0, 0.1) is 41.2 Å². The van der Waals surface area contributed by atoms with Crippen molar-refractivity contribution >= 4 is 0 Å². The van der Waals surface area contributed by atoms with Gasteiger partial charge in [0, 0.05) is 5.92 Å². The zero-order valence-corrected chi connectivity index (χ0v) is 19.1. The van der Waals surface area contributed by atoms with Gasteiger partial charge in [0.25, 0.3) is 0 Å². The molecule has 0 amide bonds. The van der Waals surface area contributed by atoms with E-state index in [4.69, 9.17) is 0 Å². The maximum Gasteiger partial charge on any atom is 0.142 e. The van der Waals surface area contributed by atoms with Crippen molar-refractivity contribution in [2.24, 2.45) is 17.8 Å². The molecule has 1 aromatic rings. The summed E-state index contributed by atoms with van der Waals surface area (Å²) in [6, 6.07) is 3.12. The van der Waals surface area contributed by atoms with E-state index in [0.717, 1.165) is 43.1 Å². The van der Waals surface area contributed by atoms with Gasteiger partial charge in [0.2, 0.25) is 0 Å². The molecule has 30 heavy (non-hydrogen) atoms. The van der Waals surface area contributed by atoms with Gasteiger partial charge in [-0.3, -0.25) is 0 Å². The topological polar surface area (TPSA) is 0 Å². The van der Waals surface area contributed by atoms with Gasteiger partial charge in [-0.1, -0.05) is 64.2 Å². The first-order valence-electron chi connectivity index (χ1n) is 12.6. The average Bonchev–Trinajstić information content (AvgIpc) is 2.76. The molecular formula is C28H40F2. The second-order valence-electron chi connectivity index (χ2n) is 9.85. The average molecular weight is 415 g/mol. The maximum absolute atomic E-state index is 14.7. The fraction of sp³-hybridized carbons (Fsp3) is 0.714. The summed E-state index contributed by atoms with van der Waals surface area (Å²) in [7, 11) is 0. The fourth-order valence-electron chi connectivity index (χ4n) is 5.49. The minimum absolute atomic E-state index is 0.0245. The highest BCUT2D eigenvalue weighted by Gasteiger charge is 2.24. The molecule has 0 spiro atoms. The maximum atomic E-state index is 14.7. The Hall–Kier alpha value is -1.36. The molecule has 0 atom stereocenters. The van der Waals surface area contributed by atoms with Crippen LogP contribution in [0.4, 0.5) is 8.78 Å². The zero-order chi connectivity index (χ0) is 21.3. The predicted molar refractivity (Wildman–Crippen MR) is 122 cm³/mol. The minimum Gasteiger partial charge on any atom is -0.206 e. The van der Waals surface area contributed by atoms with E-state index in [9.17, 15) is 8.78 Å². The Kier molecular flexibility index (Phi) is 9.23. The van der Waals surface area contributed by atoms with E-state index in [-0.39, 0.29) is 5.56 Å². The summed E-state index contributed by atoms with van der Waals surface area (Å²) in [6.45, 7) is 4.48. The Bertz CT molecular complexity index is 687. The number of halogens is 2. The summed E-state index contributed by atoms with van der Waals surface area (Å²) in [5.74, 6) is 7.34. The highest BCUT2D eigenvalue weighted by atomic mass is 19.1. The van der Waals surface area contributed by atoms with Gasteiger partial charge in [-0.25, -0.2) is 8.78 Å². The van der Waals surface area contributed by atoms with Crippen molar-refractivity contribution in [3.05, 3.63) is 34.9 Å². The van der Waals surface area contributed by atoms with Crippen molar-refractivity contribution in [1.29, 1.82) is 0 Å². The van der Waals surface area contributed by atoms with E-state index in [1.807, 2.05) is 0 Å². The summed E-state index contributed by atoms with van der Waals surface area (Å²) in [5.41, 5.74) is 0.810. The zero-order valence-electron chi connectivity index (χ0n) is 19.1. The first-order chi connectivity index (χ1) is 14.6. The van der Waals surface area contributed by atoms with Crippen LogP contribution in [0.25, 0.3) is 0 Å². The van der Waals surface area contributed by atoms with E-state index in [1.54, 1.807) is 12.1 Å². The molecule has 0 nitrogen and oxygen atoms in total. The minimum atomic E-state index is -0.470. The van der Waals surface area contributed by atoms with Crippen LogP contribution in [0.2, 0.25) is 0 Å². The van der Waals surface area contributed by atoms with Crippen LogP contribution in [-0.2, 0) is 0 Å². The fourth-order valence-corrected chi connectivity index (χ4v) is 5.49. The second kappa shape index (κ2) is 11.9. The van der Waals surface area contributed by atoms with E-state index < -0.39 is 11.6 Å². The predicted octanol–water partition coefficient (Wildman–Crippen LogP) is 8.78. The molecule has 2 fully saturated rings. The number of rotatable bonds is 7. The molecule has 0 N–H and O–H groups in total. The smallest absolute Gasteiger partial charge is 0.142 e. The van der Waals surface area contributed by atoms with Gasteiger partial charge in [-0.2, -0.15) is 0 Å². The second-order valence-corrected chi connectivity index (χ2v) is 9.85. The highest BCUT2D eigenvalue weighted by Crippen LogP contribution is 2.38. The van der Waals surface area contributed by atoms with Gasteiger partial charge in [-0.05, 0) is 86.8 Å². The van der Waals surface area contributed by atoms with Gasteiger partial charge in [0.15, 0.2) is 0 Å². The van der Waals surface area contributed by atoms with E-state index in [2.05, 4.69) is 25.7 Å². The number of benzene rings is 1. The molecule has 2 aliphatic rings. The summed E-state index contributed by atoms with van der Waals surface area (Å²) in [4.78, 5) is 0. The molecule has 2 heteroatoms. The molecular weight excluding hydrogens is 374 g/mol. The van der Waals surface area contributed by atoms with E-state index >= 15 is 0 Å². The van der Waals surface area contributed by atoms with Crippen LogP contribution >= 0.6 is 0 Å². The summed E-state index contributed by atoms with van der Waals surface area (Å²) >= 11 is 0. The molecule has 1 aromatic carbocycles. The van der Waals surface area contributed by atoms with Gasteiger partial charge in [-0.15, -0.1) is 0 Å². The van der Waals surface area contributed by atoms with E-state index in [1.165, 1.54) is 64.2 Å². The Morgan fingerprint density at radius 3 is 1.77 bits per heavy atom. The summed E-state index contributed by atoms with van der Waals surface area (Å²) < 4.78 is 29.4. The van der Waals surface area contributed by atoms with Crippen LogP contribution in [0.1, 0.15) is 121 Å². The largest absolute Gasteiger partial charge is 0.206 e. The van der Waals surface area contributed by atoms with E-state index in [0.29, 0.717) is 11.8 Å². The van der Waals surface area contributed by atoms with Gasteiger partial charge in [0.1, 0.15) is 11.6 Å². The lowest BCUT2D eigenvalue weighted by atomic mass is 9.77. The van der Waals surface area contributed by atoms with Crippen LogP contribution in [0.3, 0.4) is 0 Å². The molecule has 0 aromatic heterocycles. The Balaban J connectivity index is 1.57. The molecule has 0 unspecified atom stereocenters. The number of hydrogen-bond acceptors (Lipinski definition) is 0. The molecule has 0 bridgehead atoms. The van der Waals surface area contributed by atoms with Crippen LogP contribution in [-0.4, -0.2) is 0 Å². The standard InChI is InChI=1S/C28H40F2/c1-3-5-7-21-9-11-23(12-10-21)15-18-26-27(29)19-25(20-28(26)30)24-16-13-22(14-17-24)8-6-4-2/h19-24H,3-14,16-17H2,1-2H3. The van der Waals surface area contributed by atoms with Gasteiger partial charge >= 0.3 is 0 Å². The SMILES string of the molecule is CCCCC1CCC(C#Cc2c(F)cc(C3CCC(CCCC)CC3)cc2F)CC1. The Labute approximate surface area is 183 Å². The normalized spacial score (nSPS) is 26.8. The molecule has 2 aliphatic carbocycles. The van der Waals surface area contributed by atoms with Gasteiger partial charge in [0.05, 0.1) is 5.56 Å². The van der Waals surface area contributed by atoms with Gasteiger partial charge < -0.3 is 0 Å². The van der Waals surface area contributed by atoms with Crippen molar-refractivity contribution < 1.29 is 8.78 Å². The lowest BCUT2D eigenvalue weighted by Gasteiger charge is -2.29. The summed E-state index contributed by atoms with van der Waals surface area (Å²) in [5, 5.41) is 0. The number of hydrogen-bond donors (Lipinski definition) is 0. The molecule has 3 rings (SSSR count). The molecule has 0 aliphatic heterocycles. The lowest BCUT2D eigenvalue weighted by molar-refractivity contribution is 0.296. The molecule has 0 heterocycles. The first-order valence-corrected chi connectivity index (χ1v) is 12.6. The van der Waals surface area contributed by atoms with Crippen LogP contribution < -0.4 is 0 Å². The Morgan fingerprint density at radius 2 is 1.27 bits per heavy atom. The van der Waals surface area contributed by atoms with Crippen LogP contribution in [0.15, 0.2) is 12.1 Å². The van der Waals surface area contributed by atoms with Crippen molar-refractivity contribution in [3.63, 3.8) is 0 Å². The van der Waals surface area contributed by atoms with Crippen LogP contribution in [0.5, 0.6) is 0 Å². The lowest BCUT2D eigenvalue weighted by Crippen LogP contribution is -2.14. The molecule has 0 radical (unpaired) electrons. The molecule has 166 valence electrons.